The first-order valence-corrected chi connectivity index (χ1v) is 4.91. The average Bonchev–Trinajstić information content (AvgIpc) is 2.16. The number of carbonyl (C=O) groups excluding carboxylic acids is 1. The van der Waals surface area contributed by atoms with E-state index in [-0.39, 0.29) is 5.91 Å². The van der Waals surface area contributed by atoms with Crippen LogP contribution in [0.1, 0.15) is 6.92 Å². The summed E-state index contributed by atoms with van der Waals surface area (Å²) in [7, 11) is 1.79. The van der Waals surface area contributed by atoms with Gasteiger partial charge in [0.25, 0.3) is 0 Å². The van der Waals surface area contributed by atoms with Crippen LogP contribution in [-0.2, 0) is 4.79 Å². The Balaban J connectivity index is 3.42. The lowest BCUT2D eigenvalue weighted by atomic mass is 10.4. The van der Waals surface area contributed by atoms with Crippen LogP contribution in [0.4, 0.5) is 0 Å². The zero-order chi connectivity index (χ0) is 10.1. The molecule has 0 aromatic carbocycles. The Bertz CT molecular complexity index is 171. The van der Waals surface area contributed by atoms with E-state index in [2.05, 4.69) is 5.32 Å². The van der Waals surface area contributed by atoms with E-state index in [1.807, 2.05) is 19.1 Å². The molecule has 76 valence electrons. The van der Waals surface area contributed by atoms with E-state index in [0.717, 1.165) is 6.54 Å². The predicted molar refractivity (Wildman–Crippen MR) is 56.0 cm³/mol. The second-order valence-electron chi connectivity index (χ2n) is 2.66. The molecule has 0 aliphatic heterocycles. The van der Waals surface area contributed by atoms with Gasteiger partial charge in [-0.15, -0.1) is 11.6 Å². The van der Waals surface area contributed by atoms with Crippen molar-refractivity contribution < 1.29 is 4.79 Å². The quantitative estimate of drug-likeness (QED) is 0.395. The first kappa shape index (κ1) is 12.5. The van der Waals surface area contributed by atoms with Crippen molar-refractivity contribution >= 4 is 17.5 Å². The fourth-order valence-electron chi connectivity index (χ4n) is 0.720. The molecule has 0 saturated heterocycles. The highest BCUT2D eigenvalue weighted by Crippen LogP contribution is 1.82. The molecule has 0 spiro atoms. The van der Waals surface area contributed by atoms with Crippen LogP contribution in [0.5, 0.6) is 0 Å². The number of hydrogen-bond donors (Lipinski definition) is 1. The lowest BCUT2D eigenvalue weighted by molar-refractivity contribution is -0.128. The SMILES string of the molecule is CCN(C)C(=O)CNC/C=C/CCl. The van der Waals surface area contributed by atoms with Crippen molar-refractivity contribution in [3.8, 4) is 0 Å². The minimum atomic E-state index is 0.113. The summed E-state index contributed by atoms with van der Waals surface area (Å²) in [6.45, 7) is 3.77. The van der Waals surface area contributed by atoms with E-state index in [1.165, 1.54) is 0 Å². The molecule has 0 aromatic rings. The number of nitrogens with zero attached hydrogens (tertiary/aromatic N) is 1. The molecule has 0 aromatic heterocycles. The lowest BCUT2D eigenvalue weighted by Crippen LogP contribution is -2.35. The molecule has 13 heavy (non-hydrogen) atoms. The lowest BCUT2D eigenvalue weighted by Gasteiger charge is -2.13. The van der Waals surface area contributed by atoms with Gasteiger partial charge >= 0.3 is 0 Å². The third-order valence-corrected chi connectivity index (χ3v) is 1.87. The van der Waals surface area contributed by atoms with Crippen LogP contribution >= 0.6 is 11.6 Å². The second-order valence-corrected chi connectivity index (χ2v) is 2.97. The van der Waals surface area contributed by atoms with E-state index in [0.29, 0.717) is 19.0 Å². The van der Waals surface area contributed by atoms with Gasteiger partial charge in [-0.2, -0.15) is 0 Å². The van der Waals surface area contributed by atoms with Crippen LogP contribution < -0.4 is 5.32 Å². The summed E-state index contributed by atoms with van der Waals surface area (Å²) in [5.74, 6) is 0.631. The second kappa shape index (κ2) is 8.08. The number of halogens is 1. The van der Waals surface area contributed by atoms with Gasteiger partial charge < -0.3 is 10.2 Å². The van der Waals surface area contributed by atoms with Gasteiger partial charge in [0, 0.05) is 26.0 Å². The number of allylic oxidation sites excluding steroid dienone is 1. The summed E-state index contributed by atoms with van der Waals surface area (Å²) in [6.07, 6.45) is 3.76. The molecule has 0 aliphatic rings. The molecule has 0 rings (SSSR count). The van der Waals surface area contributed by atoms with Crippen molar-refractivity contribution in [1.82, 2.24) is 10.2 Å². The van der Waals surface area contributed by atoms with Crippen molar-refractivity contribution in [2.75, 3.05) is 32.6 Å². The van der Waals surface area contributed by atoms with E-state index in [9.17, 15) is 4.79 Å². The zero-order valence-corrected chi connectivity index (χ0v) is 8.97. The van der Waals surface area contributed by atoms with Crippen molar-refractivity contribution in [2.45, 2.75) is 6.92 Å². The molecule has 0 unspecified atom stereocenters. The molecule has 0 fully saturated rings. The third-order valence-electron chi connectivity index (χ3n) is 1.69. The highest BCUT2D eigenvalue weighted by atomic mass is 35.5. The molecule has 0 saturated carbocycles. The van der Waals surface area contributed by atoms with Gasteiger partial charge in [-0.05, 0) is 6.92 Å². The molecule has 0 heterocycles. The van der Waals surface area contributed by atoms with E-state index < -0.39 is 0 Å². The van der Waals surface area contributed by atoms with Gasteiger partial charge in [0.1, 0.15) is 0 Å². The van der Waals surface area contributed by atoms with Crippen LogP contribution in [0, 0.1) is 0 Å². The van der Waals surface area contributed by atoms with Crippen LogP contribution in [0.3, 0.4) is 0 Å². The number of alkyl halides is 1. The fraction of sp³-hybridized carbons (Fsp3) is 0.667. The van der Waals surface area contributed by atoms with Crippen LogP contribution in [0.25, 0.3) is 0 Å². The summed E-state index contributed by atoms with van der Waals surface area (Å²) < 4.78 is 0. The normalized spacial score (nSPS) is 10.7. The largest absolute Gasteiger partial charge is 0.345 e. The third kappa shape index (κ3) is 6.61. The highest BCUT2D eigenvalue weighted by Gasteiger charge is 2.03. The predicted octanol–water partition coefficient (Wildman–Crippen LogP) is 0.849. The summed E-state index contributed by atoms with van der Waals surface area (Å²) >= 11 is 5.43. The van der Waals surface area contributed by atoms with E-state index in [4.69, 9.17) is 11.6 Å². The highest BCUT2D eigenvalue weighted by molar-refractivity contribution is 6.18. The Labute approximate surface area is 84.7 Å². The van der Waals surface area contributed by atoms with Gasteiger partial charge in [0.05, 0.1) is 6.54 Å². The first-order valence-electron chi connectivity index (χ1n) is 4.38. The van der Waals surface area contributed by atoms with Gasteiger partial charge in [-0.25, -0.2) is 0 Å². The standard InChI is InChI=1S/C9H17ClN2O/c1-3-12(2)9(13)8-11-7-5-4-6-10/h4-5,11H,3,6-8H2,1-2H3/b5-4+. The Morgan fingerprint density at radius 2 is 2.23 bits per heavy atom. The van der Waals surface area contributed by atoms with Crippen molar-refractivity contribution in [3.63, 3.8) is 0 Å². The molecule has 1 amide bonds. The summed E-state index contributed by atoms with van der Waals surface area (Å²) in [5, 5.41) is 3.00. The number of likely N-dealkylation sites (N-methyl/N-ethyl adjacent to an activating group) is 1. The Kier molecular flexibility index (Phi) is 7.74. The number of carbonyl (C=O) groups is 1. The first-order chi connectivity index (χ1) is 6.22. The minimum absolute atomic E-state index is 0.113. The van der Waals surface area contributed by atoms with E-state index >= 15 is 0 Å². The molecular weight excluding hydrogens is 188 g/mol. The van der Waals surface area contributed by atoms with Gasteiger partial charge in [-0.1, -0.05) is 12.2 Å². The maximum Gasteiger partial charge on any atom is 0.236 e. The van der Waals surface area contributed by atoms with Crippen molar-refractivity contribution in [2.24, 2.45) is 0 Å². The fourth-order valence-corrected chi connectivity index (χ4v) is 0.846. The summed E-state index contributed by atoms with van der Waals surface area (Å²) in [4.78, 5) is 12.9. The average molecular weight is 205 g/mol. The van der Waals surface area contributed by atoms with Crippen LogP contribution in [0.15, 0.2) is 12.2 Å². The summed E-state index contributed by atoms with van der Waals surface area (Å²) in [6, 6.07) is 0. The zero-order valence-electron chi connectivity index (χ0n) is 8.22. The molecule has 4 heteroatoms. The van der Waals surface area contributed by atoms with Crippen LogP contribution in [0.2, 0.25) is 0 Å². The molecule has 0 radical (unpaired) electrons. The number of hydrogen-bond acceptors (Lipinski definition) is 2. The molecule has 1 N–H and O–H groups in total. The maximum absolute atomic E-state index is 11.2. The minimum Gasteiger partial charge on any atom is -0.345 e. The topological polar surface area (TPSA) is 32.3 Å². The molecular formula is C9H17ClN2O. The molecule has 0 aliphatic carbocycles. The number of nitrogens with one attached hydrogen (secondary N) is 1. The number of rotatable bonds is 6. The Morgan fingerprint density at radius 3 is 2.77 bits per heavy atom. The van der Waals surface area contributed by atoms with Crippen molar-refractivity contribution in [1.29, 1.82) is 0 Å². The van der Waals surface area contributed by atoms with Gasteiger partial charge in [0.15, 0.2) is 0 Å². The van der Waals surface area contributed by atoms with Gasteiger partial charge in [-0.3, -0.25) is 4.79 Å². The van der Waals surface area contributed by atoms with Gasteiger partial charge in [0.2, 0.25) is 5.91 Å². The van der Waals surface area contributed by atoms with E-state index in [1.54, 1.807) is 11.9 Å². The van der Waals surface area contributed by atoms with Crippen molar-refractivity contribution in [3.05, 3.63) is 12.2 Å². The monoisotopic (exact) mass is 204 g/mol. The number of amides is 1. The maximum atomic E-state index is 11.2. The Morgan fingerprint density at radius 1 is 1.54 bits per heavy atom. The smallest absolute Gasteiger partial charge is 0.236 e. The molecule has 0 bridgehead atoms. The summed E-state index contributed by atoms with van der Waals surface area (Å²) in [5.41, 5.74) is 0. The Hall–Kier alpha value is -0.540. The molecule has 3 nitrogen and oxygen atoms in total. The molecule has 0 atom stereocenters. The van der Waals surface area contributed by atoms with Crippen LogP contribution in [-0.4, -0.2) is 43.4 Å².